The average Bonchev–Trinajstić information content (AvgIpc) is 2.16. The second-order valence-corrected chi connectivity index (χ2v) is 4.98. The molecule has 1 aliphatic rings. The van der Waals surface area contributed by atoms with Crippen molar-refractivity contribution in [2.24, 2.45) is 0 Å². The summed E-state index contributed by atoms with van der Waals surface area (Å²) in [6.45, 7) is 10.4. The maximum Gasteiger partial charge on any atom is 0.324 e. The molecule has 1 rings (SSSR count). The largest absolute Gasteiger partial charge is 0.459 e. The van der Waals surface area contributed by atoms with Crippen LogP contribution >= 0.6 is 0 Å². The molecule has 1 saturated heterocycles. The highest BCUT2D eigenvalue weighted by molar-refractivity contribution is 5.75. The van der Waals surface area contributed by atoms with Gasteiger partial charge >= 0.3 is 5.97 Å². The summed E-state index contributed by atoms with van der Waals surface area (Å²) >= 11 is 0. The van der Waals surface area contributed by atoms with Crippen molar-refractivity contribution >= 4 is 5.97 Å². The van der Waals surface area contributed by atoms with Crippen molar-refractivity contribution in [2.45, 2.75) is 39.3 Å². The van der Waals surface area contributed by atoms with Crippen LogP contribution in [0.15, 0.2) is 0 Å². The molecule has 0 radical (unpaired) electrons. The SMILES string of the molecule is CC(NN1CCOCC1)C(=O)OC(C)(C)C. The van der Waals surface area contributed by atoms with Crippen molar-refractivity contribution in [3.63, 3.8) is 0 Å². The Morgan fingerprint density at radius 1 is 1.38 bits per heavy atom. The predicted molar refractivity (Wildman–Crippen MR) is 60.8 cm³/mol. The van der Waals surface area contributed by atoms with Crippen LogP contribution in [0, 0.1) is 0 Å². The lowest BCUT2D eigenvalue weighted by atomic mass is 10.2. The van der Waals surface area contributed by atoms with Crippen LogP contribution in [-0.4, -0.2) is 48.9 Å². The minimum Gasteiger partial charge on any atom is -0.459 e. The summed E-state index contributed by atoms with van der Waals surface area (Å²) in [5, 5.41) is 2.00. The van der Waals surface area contributed by atoms with Gasteiger partial charge in [0.2, 0.25) is 0 Å². The number of rotatable bonds is 3. The first-order valence-electron chi connectivity index (χ1n) is 5.70. The Bertz CT molecular complexity index is 232. The van der Waals surface area contributed by atoms with E-state index in [0.29, 0.717) is 13.2 Å². The molecule has 1 fully saturated rings. The number of nitrogens with one attached hydrogen (secondary N) is 1. The number of hydrogen-bond donors (Lipinski definition) is 1. The highest BCUT2D eigenvalue weighted by Crippen LogP contribution is 2.08. The molecular formula is C11H22N2O3. The Kier molecular flexibility index (Phi) is 4.70. The molecule has 1 unspecified atom stereocenters. The van der Waals surface area contributed by atoms with Gasteiger partial charge in [0, 0.05) is 13.1 Å². The lowest BCUT2D eigenvalue weighted by Gasteiger charge is -2.30. The molecule has 0 bridgehead atoms. The first-order chi connectivity index (χ1) is 7.38. The maximum atomic E-state index is 11.7. The van der Waals surface area contributed by atoms with Gasteiger partial charge in [0.05, 0.1) is 13.2 Å². The van der Waals surface area contributed by atoms with Crippen molar-refractivity contribution < 1.29 is 14.3 Å². The number of carbonyl (C=O) groups excluding carboxylic acids is 1. The van der Waals surface area contributed by atoms with Gasteiger partial charge < -0.3 is 9.47 Å². The van der Waals surface area contributed by atoms with Gasteiger partial charge in [-0.3, -0.25) is 4.79 Å². The van der Waals surface area contributed by atoms with Crippen molar-refractivity contribution in [1.29, 1.82) is 0 Å². The molecule has 0 amide bonds. The number of ether oxygens (including phenoxy) is 2. The topological polar surface area (TPSA) is 50.8 Å². The summed E-state index contributed by atoms with van der Waals surface area (Å²) in [6.07, 6.45) is 0. The van der Waals surface area contributed by atoms with Gasteiger partial charge in [0.25, 0.3) is 0 Å². The summed E-state index contributed by atoms with van der Waals surface area (Å²) < 4.78 is 10.5. The minimum absolute atomic E-state index is 0.223. The normalized spacial score (nSPS) is 20.5. The van der Waals surface area contributed by atoms with Crippen LogP contribution in [0.1, 0.15) is 27.7 Å². The third kappa shape index (κ3) is 4.92. The molecule has 5 heteroatoms. The van der Waals surface area contributed by atoms with E-state index in [1.165, 1.54) is 0 Å². The minimum atomic E-state index is -0.433. The third-order valence-corrected chi connectivity index (χ3v) is 2.15. The van der Waals surface area contributed by atoms with Crippen molar-refractivity contribution in [3.05, 3.63) is 0 Å². The van der Waals surface area contributed by atoms with Crippen LogP contribution in [0.2, 0.25) is 0 Å². The van der Waals surface area contributed by atoms with Crippen LogP contribution in [-0.2, 0) is 14.3 Å². The zero-order valence-electron chi connectivity index (χ0n) is 10.6. The van der Waals surface area contributed by atoms with Crippen LogP contribution in [0.3, 0.4) is 0 Å². The van der Waals surface area contributed by atoms with Gasteiger partial charge in [-0.25, -0.2) is 10.4 Å². The van der Waals surface area contributed by atoms with E-state index in [0.717, 1.165) is 13.1 Å². The summed E-state index contributed by atoms with van der Waals surface area (Å²) in [7, 11) is 0. The van der Waals surface area contributed by atoms with Gasteiger partial charge in [0.1, 0.15) is 11.6 Å². The van der Waals surface area contributed by atoms with Gasteiger partial charge in [0.15, 0.2) is 0 Å². The highest BCUT2D eigenvalue weighted by atomic mass is 16.6. The second-order valence-electron chi connectivity index (χ2n) is 4.98. The number of hydrogen-bond acceptors (Lipinski definition) is 5. The van der Waals surface area contributed by atoms with Crippen LogP contribution < -0.4 is 5.43 Å². The molecule has 1 aliphatic heterocycles. The second kappa shape index (κ2) is 5.61. The quantitative estimate of drug-likeness (QED) is 0.718. The van der Waals surface area contributed by atoms with E-state index >= 15 is 0 Å². The molecule has 16 heavy (non-hydrogen) atoms. The molecule has 1 atom stereocenters. The molecule has 0 aromatic carbocycles. The molecule has 94 valence electrons. The first kappa shape index (κ1) is 13.4. The summed E-state index contributed by atoms with van der Waals surface area (Å²) in [6, 6.07) is -0.322. The maximum absolute atomic E-state index is 11.7. The smallest absolute Gasteiger partial charge is 0.324 e. The molecule has 1 N–H and O–H groups in total. The Balaban J connectivity index is 2.33. The Morgan fingerprint density at radius 3 is 2.44 bits per heavy atom. The predicted octanol–water partition coefficient (Wildman–Crippen LogP) is 0.553. The number of morpholine rings is 1. The fourth-order valence-corrected chi connectivity index (χ4v) is 1.41. The standard InChI is InChI=1S/C11H22N2O3/c1-9(10(14)16-11(2,3)4)12-13-5-7-15-8-6-13/h9,12H,5-8H2,1-4H3. The molecule has 0 saturated carbocycles. The number of hydrazine groups is 1. The number of esters is 1. The van der Waals surface area contributed by atoms with Crippen molar-refractivity contribution in [1.82, 2.24) is 10.4 Å². The fraction of sp³-hybridized carbons (Fsp3) is 0.909. The monoisotopic (exact) mass is 230 g/mol. The Labute approximate surface area is 97.1 Å². The van der Waals surface area contributed by atoms with E-state index in [1.807, 2.05) is 32.7 Å². The van der Waals surface area contributed by atoms with Crippen molar-refractivity contribution in [3.8, 4) is 0 Å². The van der Waals surface area contributed by atoms with Gasteiger partial charge in [-0.2, -0.15) is 0 Å². The van der Waals surface area contributed by atoms with Crippen LogP contribution in [0.25, 0.3) is 0 Å². The lowest BCUT2D eigenvalue weighted by Crippen LogP contribution is -2.52. The molecule has 0 spiro atoms. The zero-order valence-corrected chi connectivity index (χ0v) is 10.6. The average molecular weight is 230 g/mol. The van der Waals surface area contributed by atoms with Gasteiger partial charge in [-0.05, 0) is 27.7 Å². The molecule has 0 aromatic heterocycles. The first-order valence-corrected chi connectivity index (χ1v) is 5.70. The summed E-state index contributed by atoms with van der Waals surface area (Å²) in [4.78, 5) is 11.7. The van der Waals surface area contributed by atoms with Gasteiger partial charge in [-0.1, -0.05) is 0 Å². The van der Waals surface area contributed by atoms with E-state index in [2.05, 4.69) is 5.43 Å². The zero-order chi connectivity index (χ0) is 12.2. The molecule has 1 heterocycles. The van der Waals surface area contributed by atoms with E-state index < -0.39 is 5.60 Å². The highest BCUT2D eigenvalue weighted by Gasteiger charge is 2.23. The van der Waals surface area contributed by atoms with Crippen LogP contribution in [0.4, 0.5) is 0 Å². The Morgan fingerprint density at radius 2 is 1.94 bits per heavy atom. The van der Waals surface area contributed by atoms with E-state index in [-0.39, 0.29) is 12.0 Å². The Hall–Kier alpha value is -0.650. The number of carbonyl (C=O) groups is 1. The van der Waals surface area contributed by atoms with Crippen LogP contribution in [0.5, 0.6) is 0 Å². The third-order valence-electron chi connectivity index (χ3n) is 2.15. The summed E-state index contributed by atoms with van der Waals surface area (Å²) in [5.74, 6) is -0.223. The van der Waals surface area contributed by atoms with Gasteiger partial charge in [-0.15, -0.1) is 0 Å². The van der Waals surface area contributed by atoms with E-state index in [1.54, 1.807) is 0 Å². The molecule has 5 nitrogen and oxygen atoms in total. The summed E-state index contributed by atoms with van der Waals surface area (Å²) in [5.41, 5.74) is 2.69. The van der Waals surface area contributed by atoms with E-state index in [4.69, 9.17) is 9.47 Å². The molecule has 0 aromatic rings. The van der Waals surface area contributed by atoms with Crippen molar-refractivity contribution in [2.75, 3.05) is 26.3 Å². The van der Waals surface area contributed by atoms with E-state index in [9.17, 15) is 4.79 Å². The number of nitrogens with zero attached hydrogens (tertiary/aromatic N) is 1. The fourth-order valence-electron chi connectivity index (χ4n) is 1.41. The lowest BCUT2D eigenvalue weighted by molar-refractivity contribution is -0.159. The molecule has 0 aliphatic carbocycles. The molecular weight excluding hydrogens is 208 g/mol.